The van der Waals surface area contributed by atoms with Crippen LogP contribution in [-0.2, 0) is 0 Å². The van der Waals surface area contributed by atoms with Crippen LogP contribution in [0.3, 0.4) is 0 Å². The average Bonchev–Trinajstić information content (AvgIpc) is 2.47. The molecule has 1 aromatic carbocycles. The highest BCUT2D eigenvalue weighted by atomic mass is 15.1. The van der Waals surface area contributed by atoms with Crippen LogP contribution >= 0.6 is 0 Å². The Hall–Kier alpha value is -1.02. The molecule has 1 aromatic rings. The largest absolute Gasteiger partial charge is 0.372 e. The number of nitrogens with two attached hydrogens (primary N) is 1. The number of benzene rings is 1. The summed E-state index contributed by atoms with van der Waals surface area (Å²) in [5, 5.41) is 0. The first-order chi connectivity index (χ1) is 8.72. The van der Waals surface area contributed by atoms with Crippen molar-refractivity contribution in [3.63, 3.8) is 0 Å². The van der Waals surface area contributed by atoms with E-state index in [1.54, 1.807) is 0 Å². The van der Waals surface area contributed by atoms with Crippen molar-refractivity contribution < 1.29 is 0 Å². The lowest BCUT2D eigenvalue weighted by atomic mass is 9.94. The molecule has 2 heteroatoms. The number of rotatable bonds is 4. The van der Waals surface area contributed by atoms with Gasteiger partial charge in [-0.25, -0.2) is 0 Å². The quantitative estimate of drug-likeness (QED) is 0.874. The average molecular weight is 246 g/mol. The van der Waals surface area contributed by atoms with Gasteiger partial charge < -0.3 is 10.6 Å². The van der Waals surface area contributed by atoms with Gasteiger partial charge in [-0.3, -0.25) is 0 Å². The van der Waals surface area contributed by atoms with Crippen LogP contribution in [0.5, 0.6) is 0 Å². The Labute approximate surface area is 111 Å². The molecule has 0 heterocycles. The molecule has 0 aromatic heterocycles. The van der Waals surface area contributed by atoms with Crippen LogP contribution in [0.25, 0.3) is 0 Å². The van der Waals surface area contributed by atoms with Gasteiger partial charge >= 0.3 is 0 Å². The lowest BCUT2D eigenvalue weighted by Crippen LogP contribution is -2.33. The van der Waals surface area contributed by atoms with Gasteiger partial charge in [-0.15, -0.1) is 0 Å². The molecule has 0 radical (unpaired) electrons. The summed E-state index contributed by atoms with van der Waals surface area (Å²) in [4.78, 5) is 2.44. The van der Waals surface area contributed by atoms with Gasteiger partial charge in [0.15, 0.2) is 0 Å². The Morgan fingerprint density at radius 2 is 1.78 bits per heavy atom. The highest BCUT2D eigenvalue weighted by Gasteiger charge is 2.18. The molecular weight excluding hydrogens is 220 g/mol. The van der Waals surface area contributed by atoms with E-state index in [-0.39, 0.29) is 6.04 Å². The second-order valence-electron chi connectivity index (χ2n) is 5.51. The molecule has 1 aliphatic rings. The molecule has 1 atom stereocenters. The van der Waals surface area contributed by atoms with Crippen molar-refractivity contribution in [2.75, 3.05) is 11.9 Å². The maximum absolute atomic E-state index is 6.05. The van der Waals surface area contributed by atoms with Crippen LogP contribution in [0.4, 0.5) is 5.69 Å². The normalized spacial score (nSPS) is 18.6. The summed E-state index contributed by atoms with van der Waals surface area (Å²) >= 11 is 0. The molecule has 18 heavy (non-hydrogen) atoms. The molecule has 1 fully saturated rings. The summed E-state index contributed by atoms with van der Waals surface area (Å²) in [7, 11) is 2.23. The van der Waals surface area contributed by atoms with Crippen molar-refractivity contribution in [3.8, 4) is 0 Å². The van der Waals surface area contributed by atoms with Crippen molar-refractivity contribution >= 4 is 5.69 Å². The molecule has 2 N–H and O–H groups in total. The van der Waals surface area contributed by atoms with E-state index in [4.69, 9.17) is 5.73 Å². The van der Waals surface area contributed by atoms with Crippen LogP contribution in [0.15, 0.2) is 24.3 Å². The van der Waals surface area contributed by atoms with E-state index in [0.29, 0.717) is 0 Å². The summed E-state index contributed by atoms with van der Waals surface area (Å²) in [6.07, 6.45) is 7.85. The van der Waals surface area contributed by atoms with Gasteiger partial charge in [0.05, 0.1) is 0 Å². The monoisotopic (exact) mass is 246 g/mol. The summed E-state index contributed by atoms with van der Waals surface area (Å²) < 4.78 is 0. The van der Waals surface area contributed by atoms with Crippen molar-refractivity contribution in [1.82, 2.24) is 0 Å². The summed E-state index contributed by atoms with van der Waals surface area (Å²) in [5.74, 6) is 0. The maximum Gasteiger partial charge on any atom is 0.0366 e. The molecule has 100 valence electrons. The summed E-state index contributed by atoms with van der Waals surface area (Å²) in [6, 6.07) is 9.72. The van der Waals surface area contributed by atoms with Gasteiger partial charge in [0.25, 0.3) is 0 Å². The highest BCUT2D eigenvalue weighted by Crippen LogP contribution is 2.27. The zero-order chi connectivity index (χ0) is 13.0. The predicted octanol–water partition coefficient (Wildman–Crippen LogP) is 3.87. The topological polar surface area (TPSA) is 29.3 Å². The first kappa shape index (κ1) is 13.4. The Morgan fingerprint density at radius 1 is 1.17 bits per heavy atom. The first-order valence-electron chi connectivity index (χ1n) is 7.30. The third-order valence-corrected chi connectivity index (χ3v) is 4.29. The zero-order valence-electron chi connectivity index (χ0n) is 11.7. The lowest BCUT2D eigenvalue weighted by molar-refractivity contribution is 0.427. The van der Waals surface area contributed by atoms with Crippen molar-refractivity contribution in [3.05, 3.63) is 29.8 Å². The van der Waals surface area contributed by atoms with E-state index in [0.717, 1.165) is 12.5 Å². The van der Waals surface area contributed by atoms with E-state index in [2.05, 4.69) is 43.1 Å². The fourth-order valence-electron chi connectivity index (χ4n) is 2.87. The van der Waals surface area contributed by atoms with Gasteiger partial charge in [-0.1, -0.05) is 38.3 Å². The number of hydrogen-bond donors (Lipinski definition) is 1. The Balaban J connectivity index is 2.03. The van der Waals surface area contributed by atoms with Crippen LogP contribution < -0.4 is 10.6 Å². The highest BCUT2D eigenvalue weighted by molar-refractivity contribution is 5.48. The van der Waals surface area contributed by atoms with Crippen LogP contribution in [0.2, 0.25) is 0 Å². The second kappa shape index (κ2) is 6.24. The first-order valence-corrected chi connectivity index (χ1v) is 7.30. The van der Waals surface area contributed by atoms with E-state index < -0.39 is 0 Å². The fraction of sp³-hybridized carbons (Fsp3) is 0.625. The third kappa shape index (κ3) is 3.05. The van der Waals surface area contributed by atoms with E-state index >= 15 is 0 Å². The number of anilines is 1. The maximum atomic E-state index is 6.05. The van der Waals surface area contributed by atoms with E-state index in [1.807, 2.05) is 0 Å². The molecule has 0 spiro atoms. The zero-order valence-corrected chi connectivity index (χ0v) is 11.7. The molecule has 0 aliphatic heterocycles. The van der Waals surface area contributed by atoms with E-state index in [1.165, 1.54) is 43.4 Å². The molecule has 1 aliphatic carbocycles. The van der Waals surface area contributed by atoms with Gasteiger partial charge in [-0.2, -0.15) is 0 Å². The van der Waals surface area contributed by atoms with E-state index in [9.17, 15) is 0 Å². The summed E-state index contributed by atoms with van der Waals surface area (Å²) in [5.41, 5.74) is 8.63. The standard InChI is InChI=1S/C16H26N2/c1-3-16(17)13-9-11-15(12-10-13)18(2)14-7-5-4-6-8-14/h9-12,14,16H,3-8,17H2,1-2H3/t16-/m1/s1. The predicted molar refractivity (Wildman–Crippen MR) is 78.9 cm³/mol. The molecule has 0 unspecified atom stereocenters. The van der Waals surface area contributed by atoms with Gasteiger partial charge in [0.1, 0.15) is 0 Å². The Kier molecular flexibility index (Phi) is 4.65. The molecule has 0 bridgehead atoms. The minimum Gasteiger partial charge on any atom is -0.372 e. The van der Waals surface area contributed by atoms with Crippen LogP contribution in [-0.4, -0.2) is 13.1 Å². The fourth-order valence-corrected chi connectivity index (χ4v) is 2.87. The van der Waals surface area contributed by atoms with Crippen LogP contribution in [0.1, 0.15) is 57.1 Å². The molecular formula is C16H26N2. The SMILES string of the molecule is CC[C@@H](N)c1ccc(N(C)C2CCCCC2)cc1. The minimum absolute atomic E-state index is 0.180. The molecule has 2 nitrogen and oxygen atoms in total. The number of nitrogens with zero attached hydrogens (tertiary/aromatic N) is 1. The van der Waals surface area contributed by atoms with Crippen molar-refractivity contribution in [2.24, 2.45) is 5.73 Å². The lowest BCUT2D eigenvalue weighted by Gasteiger charge is -2.33. The smallest absolute Gasteiger partial charge is 0.0366 e. The number of hydrogen-bond acceptors (Lipinski definition) is 2. The summed E-state index contributed by atoms with van der Waals surface area (Å²) in [6.45, 7) is 2.13. The molecule has 0 amide bonds. The van der Waals surface area contributed by atoms with Crippen LogP contribution in [0, 0.1) is 0 Å². The Bertz CT molecular complexity index is 352. The Morgan fingerprint density at radius 3 is 2.33 bits per heavy atom. The molecule has 2 rings (SSSR count). The van der Waals surface area contributed by atoms with Gasteiger partial charge in [0.2, 0.25) is 0 Å². The third-order valence-electron chi connectivity index (χ3n) is 4.29. The van der Waals surface area contributed by atoms with Crippen molar-refractivity contribution in [1.29, 1.82) is 0 Å². The molecule has 0 saturated heterocycles. The molecule has 1 saturated carbocycles. The minimum atomic E-state index is 0.180. The van der Waals surface area contributed by atoms with Gasteiger partial charge in [0, 0.05) is 24.8 Å². The van der Waals surface area contributed by atoms with Crippen molar-refractivity contribution in [2.45, 2.75) is 57.5 Å². The van der Waals surface area contributed by atoms with Gasteiger partial charge in [-0.05, 0) is 37.0 Å². The second-order valence-corrected chi connectivity index (χ2v) is 5.51.